The van der Waals surface area contributed by atoms with Gasteiger partial charge in [-0.05, 0) is 6.07 Å². The quantitative estimate of drug-likeness (QED) is 0.761. The Morgan fingerprint density at radius 3 is 3.08 bits per heavy atom. The molecule has 68 valence electrons. The molecule has 2 aromatic heterocycles. The molecule has 0 aliphatic carbocycles. The lowest BCUT2D eigenvalue weighted by Gasteiger charge is -1.95. The molecular weight excluding hydrogens is 210 g/mol. The van der Waals surface area contributed by atoms with E-state index in [9.17, 15) is 4.79 Å². The number of H-pyrrole nitrogens is 1. The first-order valence-electron chi connectivity index (χ1n) is 3.63. The SMILES string of the molecule is O=c1[nH]cc(CO)c2cc(Cl)sc12. The van der Waals surface area contributed by atoms with E-state index in [0.29, 0.717) is 14.6 Å². The van der Waals surface area contributed by atoms with Crippen LogP contribution in [0.2, 0.25) is 4.34 Å². The number of aromatic nitrogens is 1. The van der Waals surface area contributed by atoms with Crippen molar-refractivity contribution in [2.45, 2.75) is 6.61 Å². The molecule has 0 aliphatic heterocycles. The third kappa shape index (κ3) is 1.37. The molecule has 0 aliphatic rings. The lowest BCUT2D eigenvalue weighted by molar-refractivity contribution is 0.283. The predicted molar refractivity (Wildman–Crippen MR) is 53.4 cm³/mol. The fourth-order valence-electron chi connectivity index (χ4n) is 1.19. The third-order valence-electron chi connectivity index (χ3n) is 1.80. The Kier molecular flexibility index (Phi) is 2.11. The molecule has 0 aromatic carbocycles. The van der Waals surface area contributed by atoms with Gasteiger partial charge in [-0.15, -0.1) is 11.3 Å². The first kappa shape index (κ1) is 8.74. The van der Waals surface area contributed by atoms with E-state index in [1.165, 1.54) is 17.5 Å². The minimum absolute atomic E-state index is 0.0969. The largest absolute Gasteiger partial charge is 0.392 e. The van der Waals surface area contributed by atoms with Gasteiger partial charge in [0, 0.05) is 17.1 Å². The van der Waals surface area contributed by atoms with Crippen molar-refractivity contribution in [1.82, 2.24) is 4.98 Å². The minimum atomic E-state index is -0.163. The number of hydrogen-bond acceptors (Lipinski definition) is 3. The summed E-state index contributed by atoms with van der Waals surface area (Å²) in [6.45, 7) is -0.0969. The molecule has 2 aromatic rings. The summed E-state index contributed by atoms with van der Waals surface area (Å²) < 4.78 is 1.12. The Morgan fingerprint density at radius 1 is 1.62 bits per heavy atom. The van der Waals surface area contributed by atoms with Crippen LogP contribution in [-0.4, -0.2) is 10.1 Å². The fraction of sp³-hybridized carbons (Fsp3) is 0.125. The van der Waals surface area contributed by atoms with E-state index in [1.54, 1.807) is 6.07 Å². The number of aliphatic hydroxyl groups excluding tert-OH is 1. The van der Waals surface area contributed by atoms with E-state index >= 15 is 0 Å². The molecule has 5 heteroatoms. The molecule has 0 saturated carbocycles. The van der Waals surface area contributed by atoms with Crippen LogP contribution in [0, 0.1) is 0 Å². The van der Waals surface area contributed by atoms with E-state index < -0.39 is 0 Å². The summed E-state index contributed by atoms with van der Waals surface area (Å²) in [4.78, 5) is 13.8. The topological polar surface area (TPSA) is 53.1 Å². The van der Waals surface area contributed by atoms with Crippen LogP contribution in [0.4, 0.5) is 0 Å². The normalized spacial score (nSPS) is 10.9. The van der Waals surface area contributed by atoms with E-state index in [4.69, 9.17) is 16.7 Å². The Bertz CT molecular complexity index is 502. The summed E-state index contributed by atoms with van der Waals surface area (Å²) in [5, 5.41) is 9.71. The highest BCUT2D eigenvalue weighted by Gasteiger charge is 2.07. The van der Waals surface area contributed by atoms with Crippen LogP contribution >= 0.6 is 22.9 Å². The van der Waals surface area contributed by atoms with Crippen molar-refractivity contribution >= 4 is 33.0 Å². The van der Waals surface area contributed by atoms with Crippen LogP contribution in [0.5, 0.6) is 0 Å². The number of nitrogens with one attached hydrogen (secondary N) is 1. The molecule has 0 bridgehead atoms. The van der Waals surface area contributed by atoms with Crippen molar-refractivity contribution in [2.75, 3.05) is 0 Å². The molecule has 3 nitrogen and oxygen atoms in total. The summed E-state index contributed by atoms with van der Waals surface area (Å²) >= 11 is 6.99. The van der Waals surface area contributed by atoms with Crippen molar-refractivity contribution < 1.29 is 5.11 Å². The standard InChI is InChI=1S/C8H6ClNO2S/c9-6-1-5-4(3-11)2-10-8(12)7(5)13-6/h1-2,11H,3H2,(H,10,12). The van der Waals surface area contributed by atoms with E-state index in [1.807, 2.05) is 0 Å². The van der Waals surface area contributed by atoms with Crippen molar-refractivity contribution in [3.05, 3.63) is 32.5 Å². The van der Waals surface area contributed by atoms with Gasteiger partial charge in [-0.3, -0.25) is 4.79 Å². The highest BCUT2D eigenvalue weighted by molar-refractivity contribution is 7.22. The predicted octanol–water partition coefficient (Wildman–Crippen LogP) is 1.74. The molecule has 0 spiro atoms. The second kappa shape index (κ2) is 3.14. The highest BCUT2D eigenvalue weighted by atomic mass is 35.5. The zero-order valence-corrected chi connectivity index (χ0v) is 8.08. The maximum atomic E-state index is 11.3. The van der Waals surface area contributed by atoms with Crippen molar-refractivity contribution in [3.8, 4) is 0 Å². The first-order valence-corrected chi connectivity index (χ1v) is 4.82. The number of aliphatic hydroxyl groups is 1. The monoisotopic (exact) mass is 215 g/mol. The van der Waals surface area contributed by atoms with E-state index in [-0.39, 0.29) is 12.2 Å². The Hall–Kier alpha value is -0.840. The van der Waals surface area contributed by atoms with Gasteiger partial charge in [-0.2, -0.15) is 0 Å². The molecule has 0 unspecified atom stereocenters. The summed E-state index contributed by atoms with van der Waals surface area (Å²) in [5.74, 6) is 0. The van der Waals surface area contributed by atoms with Crippen LogP contribution < -0.4 is 5.56 Å². The van der Waals surface area contributed by atoms with Gasteiger partial charge in [0.05, 0.1) is 10.9 Å². The van der Waals surface area contributed by atoms with Gasteiger partial charge in [-0.1, -0.05) is 11.6 Å². The number of aromatic amines is 1. The number of hydrogen-bond donors (Lipinski definition) is 2. The zero-order valence-electron chi connectivity index (χ0n) is 6.50. The van der Waals surface area contributed by atoms with Crippen LogP contribution in [0.3, 0.4) is 0 Å². The molecule has 13 heavy (non-hydrogen) atoms. The van der Waals surface area contributed by atoms with Gasteiger partial charge in [-0.25, -0.2) is 0 Å². The molecule has 0 saturated heterocycles. The highest BCUT2D eigenvalue weighted by Crippen LogP contribution is 2.28. The molecule has 2 heterocycles. The van der Waals surface area contributed by atoms with Crippen molar-refractivity contribution in [1.29, 1.82) is 0 Å². The maximum Gasteiger partial charge on any atom is 0.265 e. The average molecular weight is 216 g/mol. The number of pyridine rings is 1. The van der Waals surface area contributed by atoms with Crippen LogP contribution in [0.15, 0.2) is 17.1 Å². The Morgan fingerprint density at radius 2 is 2.38 bits per heavy atom. The summed E-state index contributed by atoms with van der Waals surface area (Å²) in [7, 11) is 0. The molecule has 0 radical (unpaired) electrons. The fourth-order valence-corrected chi connectivity index (χ4v) is 2.36. The lowest BCUT2D eigenvalue weighted by atomic mass is 10.2. The molecule has 2 rings (SSSR count). The van der Waals surface area contributed by atoms with Crippen molar-refractivity contribution in [3.63, 3.8) is 0 Å². The van der Waals surface area contributed by atoms with Gasteiger partial charge in [0.2, 0.25) is 0 Å². The maximum absolute atomic E-state index is 11.3. The van der Waals surface area contributed by atoms with Gasteiger partial charge in [0.15, 0.2) is 0 Å². The van der Waals surface area contributed by atoms with Crippen molar-refractivity contribution in [2.24, 2.45) is 0 Å². The smallest absolute Gasteiger partial charge is 0.265 e. The number of rotatable bonds is 1. The third-order valence-corrected chi connectivity index (χ3v) is 3.06. The number of thiophene rings is 1. The van der Waals surface area contributed by atoms with E-state index in [2.05, 4.69) is 4.98 Å². The average Bonchev–Trinajstić information content (AvgIpc) is 2.48. The number of halogens is 1. The Labute approximate surface area is 82.6 Å². The molecule has 0 atom stereocenters. The summed E-state index contributed by atoms with van der Waals surface area (Å²) in [6, 6.07) is 1.70. The van der Waals surface area contributed by atoms with Gasteiger partial charge in [0.25, 0.3) is 5.56 Å². The second-order valence-electron chi connectivity index (χ2n) is 2.59. The summed E-state index contributed by atoms with van der Waals surface area (Å²) in [5.41, 5.74) is 0.529. The molecule has 2 N–H and O–H groups in total. The second-order valence-corrected chi connectivity index (χ2v) is 4.28. The van der Waals surface area contributed by atoms with Gasteiger partial charge in [0.1, 0.15) is 4.70 Å². The van der Waals surface area contributed by atoms with Crippen LogP contribution in [-0.2, 0) is 6.61 Å². The van der Waals surface area contributed by atoms with Gasteiger partial charge >= 0.3 is 0 Å². The number of fused-ring (bicyclic) bond motifs is 1. The van der Waals surface area contributed by atoms with E-state index in [0.717, 1.165) is 5.39 Å². The zero-order chi connectivity index (χ0) is 9.42. The summed E-state index contributed by atoms with van der Waals surface area (Å²) in [6.07, 6.45) is 1.51. The van der Waals surface area contributed by atoms with Crippen LogP contribution in [0.1, 0.15) is 5.56 Å². The molecular formula is C8H6ClNO2S. The first-order chi connectivity index (χ1) is 6.22. The van der Waals surface area contributed by atoms with Crippen LogP contribution in [0.25, 0.3) is 10.1 Å². The molecule has 0 amide bonds. The minimum Gasteiger partial charge on any atom is -0.392 e. The lowest BCUT2D eigenvalue weighted by Crippen LogP contribution is -2.04. The van der Waals surface area contributed by atoms with Gasteiger partial charge < -0.3 is 10.1 Å². The Balaban J connectivity index is 2.92. The molecule has 0 fully saturated rings.